The summed E-state index contributed by atoms with van der Waals surface area (Å²) >= 11 is 1.05. The molecule has 94 valence electrons. The Morgan fingerprint density at radius 3 is 2.47 bits per heavy atom. The van der Waals surface area contributed by atoms with E-state index < -0.39 is 5.91 Å². The van der Waals surface area contributed by atoms with Gasteiger partial charge < -0.3 is 5.32 Å². The lowest BCUT2D eigenvalue weighted by Crippen LogP contribution is -2.23. The van der Waals surface area contributed by atoms with Crippen molar-refractivity contribution in [3.63, 3.8) is 0 Å². The van der Waals surface area contributed by atoms with Crippen molar-refractivity contribution in [1.29, 1.82) is 0 Å². The molecule has 0 saturated carbocycles. The van der Waals surface area contributed by atoms with Crippen molar-refractivity contribution in [3.8, 4) is 0 Å². The van der Waals surface area contributed by atoms with Gasteiger partial charge in [0.15, 0.2) is 0 Å². The number of thiophene rings is 1. The van der Waals surface area contributed by atoms with Crippen LogP contribution < -0.4 is 10.8 Å². The molecule has 17 heavy (non-hydrogen) atoms. The van der Waals surface area contributed by atoms with Gasteiger partial charge in [-0.1, -0.05) is 19.8 Å². The summed E-state index contributed by atoms with van der Waals surface area (Å²) in [6.45, 7) is 2.74. The molecule has 1 aromatic rings. The third-order valence-electron chi connectivity index (χ3n) is 2.22. The molecule has 0 atom stereocenters. The minimum absolute atomic E-state index is 0.178. The van der Waals surface area contributed by atoms with E-state index in [0.29, 0.717) is 16.3 Å². The van der Waals surface area contributed by atoms with E-state index in [4.69, 9.17) is 5.21 Å². The van der Waals surface area contributed by atoms with Crippen molar-refractivity contribution in [2.24, 2.45) is 0 Å². The van der Waals surface area contributed by atoms with Gasteiger partial charge in [0.05, 0.1) is 9.75 Å². The van der Waals surface area contributed by atoms with Crippen LogP contribution in [-0.4, -0.2) is 23.6 Å². The number of rotatable bonds is 6. The Bertz CT molecular complexity index is 390. The van der Waals surface area contributed by atoms with E-state index in [1.54, 1.807) is 6.07 Å². The molecule has 1 heterocycles. The molecule has 0 spiro atoms. The van der Waals surface area contributed by atoms with E-state index in [1.165, 1.54) is 11.5 Å². The largest absolute Gasteiger partial charge is 0.351 e. The fourth-order valence-electron chi connectivity index (χ4n) is 1.30. The molecular weight excluding hydrogens is 240 g/mol. The number of hydroxylamine groups is 1. The van der Waals surface area contributed by atoms with Crippen molar-refractivity contribution in [3.05, 3.63) is 21.9 Å². The molecule has 0 aliphatic rings. The van der Waals surface area contributed by atoms with Crippen LogP contribution >= 0.6 is 11.3 Å². The van der Waals surface area contributed by atoms with Gasteiger partial charge in [-0.25, -0.2) is 5.48 Å². The lowest BCUT2D eigenvalue weighted by Gasteiger charge is -2.01. The fraction of sp³-hybridized carbons (Fsp3) is 0.455. The van der Waals surface area contributed by atoms with Gasteiger partial charge >= 0.3 is 0 Å². The standard InChI is InChI=1S/C11H16N2O3S/c1-2-3-4-7-12-10(14)8-5-6-9(17-8)11(15)13-16/h5-6,16H,2-4,7H2,1H3,(H,12,14)(H,13,15). The summed E-state index contributed by atoms with van der Waals surface area (Å²) in [5.41, 5.74) is 1.53. The highest BCUT2D eigenvalue weighted by molar-refractivity contribution is 7.15. The van der Waals surface area contributed by atoms with Gasteiger partial charge in [-0.05, 0) is 18.6 Å². The zero-order chi connectivity index (χ0) is 12.7. The number of hydrogen-bond acceptors (Lipinski definition) is 4. The van der Waals surface area contributed by atoms with Crippen molar-refractivity contribution < 1.29 is 14.8 Å². The molecule has 3 N–H and O–H groups in total. The maximum Gasteiger partial charge on any atom is 0.284 e. The number of unbranched alkanes of at least 4 members (excludes halogenated alkanes) is 2. The molecule has 0 radical (unpaired) electrons. The summed E-state index contributed by atoms with van der Waals surface area (Å²) < 4.78 is 0. The first-order valence-electron chi connectivity index (χ1n) is 5.51. The van der Waals surface area contributed by atoms with Crippen LogP contribution in [0.15, 0.2) is 12.1 Å². The number of carbonyl (C=O) groups excluding carboxylic acids is 2. The van der Waals surface area contributed by atoms with E-state index in [1.807, 2.05) is 0 Å². The number of carbonyl (C=O) groups is 2. The molecule has 5 nitrogen and oxygen atoms in total. The van der Waals surface area contributed by atoms with Crippen molar-refractivity contribution in [2.45, 2.75) is 26.2 Å². The van der Waals surface area contributed by atoms with Gasteiger partial charge in [-0.2, -0.15) is 0 Å². The normalized spacial score (nSPS) is 10.0. The zero-order valence-electron chi connectivity index (χ0n) is 9.66. The first-order chi connectivity index (χ1) is 8.19. The van der Waals surface area contributed by atoms with Gasteiger partial charge in [-0.15, -0.1) is 11.3 Å². The van der Waals surface area contributed by atoms with Crippen LogP contribution in [0.25, 0.3) is 0 Å². The highest BCUT2D eigenvalue weighted by Crippen LogP contribution is 2.16. The SMILES string of the molecule is CCCCCNC(=O)c1ccc(C(=O)NO)s1. The number of hydrogen-bond donors (Lipinski definition) is 3. The Morgan fingerprint density at radius 2 is 1.88 bits per heavy atom. The number of amides is 2. The van der Waals surface area contributed by atoms with E-state index in [-0.39, 0.29) is 5.91 Å². The molecule has 0 saturated heterocycles. The summed E-state index contributed by atoms with van der Waals surface area (Å²) in [4.78, 5) is 23.5. The molecule has 6 heteroatoms. The minimum Gasteiger partial charge on any atom is -0.351 e. The van der Waals surface area contributed by atoms with E-state index in [9.17, 15) is 9.59 Å². The van der Waals surface area contributed by atoms with E-state index >= 15 is 0 Å². The second kappa shape index (κ2) is 7.03. The van der Waals surface area contributed by atoms with E-state index in [0.717, 1.165) is 30.6 Å². The first-order valence-corrected chi connectivity index (χ1v) is 6.33. The molecule has 0 bridgehead atoms. The summed E-state index contributed by atoms with van der Waals surface area (Å²) in [5, 5.41) is 11.2. The van der Waals surface area contributed by atoms with Crippen molar-refractivity contribution in [2.75, 3.05) is 6.54 Å². The lowest BCUT2D eigenvalue weighted by molar-refractivity contribution is 0.0711. The number of nitrogens with one attached hydrogen (secondary N) is 2. The Morgan fingerprint density at radius 1 is 1.24 bits per heavy atom. The zero-order valence-corrected chi connectivity index (χ0v) is 10.5. The molecular formula is C11H16N2O3S. The quantitative estimate of drug-likeness (QED) is 0.412. The van der Waals surface area contributed by atoms with Crippen LogP contribution in [-0.2, 0) is 0 Å². The maximum atomic E-state index is 11.6. The second-order valence-electron chi connectivity index (χ2n) is 3.57. The lowest BCUT2D eigenvalue weighted by atomic mass is 10.2. The summed E-state index contributed by atoms with van der Waals surface area (Å²) in [7, 11) is 0. The molecule has 0 fully saturated rings. The predicted octanol–water partition coefficient (Wildman–Crippen LogP) is 1.79. The monoisotopic (exact) mass is 256 g/mol. The van der Waals surface area contributed by atoms with Gasteiger partial charge in [0.2, 0.25) is 0 Å². The summed E-state index contributed by atoms with van der Waals surface area (Å²) in [6.07, 6.45) is 3.15. The highest BCUT2D eigenvalue weighted by Gasteiger charge is 2.12. The topological polar surface area (TPSA) is 78.4 Å². The molecule has 0 aromatic carbocycles. The minimum atomic E-state index is -0.597. The molecule has 2 amide bonds. The van der Waals surface area contributed by atoms with Crippen LogP contribution in [0.5, 0.6) is 0 Å². The molecule has 0 aliphatic heterocycles. The van der Waals surface area contributed by atoms with Gasteiger partial charge in [0, 0.05) is 6.54 Å². The van der Waals surface area contributed by atoms with Gasteiger partial charge in [-0.3, -0.25) is 14.8 Å². The van der Waals surface area contributed by atoms with Gasteiger partial charge in [0.25, 0.3) is 11.8 Å². The van der Waals surface area contributed by atoms with Crippen LogP contribution in [0.3, 0.4) is 0 Å². The molecule has 0 unspecified atom stereocenters. The highest BCUT2D eigenvalue weighted by atomic mass is 32.1. The Kier molecular flexibility index (Phi) is 5.65. The predicted molar refractivity (Wildman–Crippen MR) is 65.4 cm³/mol. The Balaban J connectivity index is 2.46. The molecule has 0 aliphatic carbocycles. The molecule has 1 rings (SSSR count). The van der Waals surface area contributed by atoms with Crippen LogP contribution in [0.1, 0.15) is 45.5 Å². The Labute approximate surface area is 104 Å². The summed E-state index contributed by atoms with van der Waals surface area (Å²) in [5.74, 6) is -0.775. The fourth-order valence-corrected chi connectivity index (χ4v) is 2.11. The van der Waals surface area contributed by atoms with Crippen molar-refractivity contribution in [1.82, 2.24) is 10.8 Å². The summed E-state index contributed by atoms with van der Waals surface area (Å²) in [6, 6.07) is 3.08. The average molecular weight is 256 g/mol. The van der Waals surface area contributed by atoms with Crippen LogP contribution in [0.2, 0.25) is 0 Å². The van der Waals surface area contributed by atoms with Crippen molar-refractivity contribution >= 4 is 23.2 Å². The average Bonchev–Trinajstić information content (AvgIpc) is 2.83. The maximum absolute atomic E-state index is 11.6. The first kappa shape index (κ1) is 13.7. The second-order valence-corrected chi connectivity index (χ2v) is 4.65. The smallest absolute Gasteiger partial charge is 0.284 e. The Hall–Kier alpha value is -1.40. The third-order valence-corrected chi connectivity index (χ3v) is 3.30. The van der Waals surface area contributed by atoms with Gasteiger partial charge in [0.1, 0.15) is 0 Å². The third kappa shape index (κ3) is 4.16. The van der Waals surface area contributed by atoms with Crippen LogP contribution in [0.4, 0.5) is 0 Å². The van der Waals surface area contributed by atoms with Crippen LogP contribution in [0, 0.1) is 0 Å². The van der Waals surface area contributed by atoms with E-state index in [2.05, 4.69) is 12.2 Å². The molecule has 1 aromatic heterocycles.